The average molecular weight is 461 g/mol. The molecule has 0 aliphatic carbocycles. The van der Waals surface area contributed by atoms with Gasteiger partial charge in [-0.3, -0.25) is 10.2 Å². The van der Waals surface area contributed by atoms with Gasteiger partial charge in [0.1, 0.15) is 18.2 Å². The first kappa shape index (κ1) is 24.8. The van der Waals surface area contributed by atoms with Crippen molar-refractivity contribution in [3.8, 4) is 5.75 Å². The molecule has 0 saturated carbocycles. The van der Waals surface area contributed by atoms with E-state index in [-0.39, 0.29) is 31.5 Å². The van der Waals surface area contributed by atoms with E-state index in [9.17, 15) is 4.79 Å². The number of anilines is 2. The molecule has 3 aromatic carbocycles. The number of nitrogens with one attached hydrogen (secondary N) is 2. The quantitative estimate of drug-likeness (QED) is 0.254. The zero-order valence-corrected chi connectivity index (χ0v) is 19.6. The van der Waals surface area contributed by atoms with E-state index >= 15 is 0 Å². The third kappa shape index (κ3) is 7.08. The van der Waals surface area contributed by atoms with Crippen molar-refractivity contribution in [2.75, 3.05) is 30.0 Å². The fourth-order valence-electron chi connectivity index (χ4n) is 3.55. The minimum atomic E-state index is -0.154. The molecule has 0 bridgehead atoms. The number of amides is 1. The molecule has 0 atom stereocenters. The van der Waals surface area contributed by atoms with Gasteiger partial charge in [-0.1, -0.05) is 50.2 Å². The number of amidine groups is 1. The predicted molar refractivity (Wildman–Crippen MR) is 137 cm³/mol. The van der Waals surface area contributed by atoms with E-state index in [1.54, 1.807) is 12.1 Å². The van der Waals surface area contributed by atoms with Crippen LogP contribution in [0.5, 0.6) is 5.75 Å². The molecule has 0 heterocycles. The molecule has 7 nitrogen and oxygen atoms in total. The molecule has 0 aromatic heterocycles. The Labute approximate surface area is 200 Å². The van der Waals surface area contributed by atoms with E-state index in [4.69, 9.17) is 21.0 Å². The van der Waals surface area contributed by atoms with Crippen LogP contribution in [0.4, 0.5) is 11.4 Å². The number of carbonyl (C=O) groups excluding carboxylic acids is 1. The number of carbonyl (C=O) groups is 1. The summed E-state index contributed by atoms with van der Waals surface area (Å²) in [4.78, 5) is 14.9. The van der Waals surface area contributed by atoms with Crippen LogP contribution in [0.15, 0.2) is 72.8 Å². The number of hydrogen-bond donors (Lipinski definition) is 4. The van der Waals surface area contributed by atoms with Gasteiger partial charge in [-0.25, -0.2) is 0 Å². The van der Waals surface area contributed by atoms with Crippen LogP contribution >= 0.6 is 0 Å². The Hall–Kier alpha value is -3.84. The molecule has 1 amide bonds. The van der Waals surface area contributed by atoms with Gasteiger partial charge in [0.05, 0.1) is 13.2 Å². The van der Waals surface area contributed by atoms with E-state index in [2.05, 4.69) is 19.2 Å². The second-order valence-electron chi connectivity index (χ2n) is 8.36. The van der Waals surface area contributed by atoms with Crippen LogP contribution < -0.4 is 20.7 Å². The first-order valence-electron chi connectivity index (χ1n) is 11.3. The Morgan fingerprint density at radius 2 is 1.82 bits per heavy atom. The van der Waals surface area contributed by atoms with Crippen molar-refractivity contribution in [3.05, 3.63) is 89.5 Å². The first-order valence-corrected chi connectivity index (χ1v) is 11.3. The number of nitrogens with two attached hydrogens (primary N) is 1. The average Bonchev–Trinajstić information content (AvgIpc) is 2.83. The van der Waals surface area contributed by atoms with Crippen LogP contribution in [-0.4, -0.2) is 36.6 Å². The van der Waals surface area contributed by atoms with E-state index < -0.39 is 0 Å². The zero-order chi connectivity index (χ0) is 24.5. The molecule has 0 saturated heterocycles. The molecule has 0 aliphatic heterocycles. The van der Waals surface area contributed by atoms with E-state index in [0.717, 1.165) is 16.9 Å². The van der Waals surface area contributed by atoms with Crippen LogP contribution in [0, 0.1) is 5.41 Å². The Balaban J connectivity index is 1.81. The standard InChI is InChI=1S/C27H32N4O3/c1-19(2)21-9-11-23(12-10-21)30-26(33)18-31(24-7-4-6-22(16-24)27(28)29)17-20-5-3-8-25(15-20)34-14-13-32/h3-12,15-16,19,32H,13-14,17-18H2,1-2H3,(H3,28,29)(H,30,33). The third-order valence-electron chi connectivity index (χ3n) is 5.35. The third-order valence-corrected chi connectivity index (χ3v) is 5.35. The minimum absolute atomic E-state index is 0.0316. The van der Waals surface area contributed by atoms with E-state index in [0.29, 0.717) is 23.8 Å². The molecule has 178 valence electrons. The van der Waals surface area contributed by atoms with Crippen LogP contribution in [-0.2, 0) is 11.3 Å². The molecular weight excluding hydrogens is 428 g/mol. The maximum absolute atomic E-state index is 13.0. The van der Waals surface area contributed by atoms with Crippen molar-refractivity contribution >= 4 is 23.1 Å². The highest BCUT2D eigenvalue weighted by Gasteiger charge is 2.15. The summed E-state index contributed by atoms with van der Waals surface area (Å²) in [5.74, 6) is 0.888. The number of ether oxygens (including phenoxy) is 1. The minimum Gasteiger partial charge on any atom is -0.491 e. The van der Waals surface area contributed by atoms with E-state index in [1.807, 2.05) is 65.6 Å². The summed E-state index contributed by atoms with van der Waals surface area (Å²) < 4.78 is 5.53. The summed E-state index contributed by atoms with van der Waals surface area (Å²) in [6.45, 7) is 4.96. The lowest BCUT2D eigenvalue weighted by atomic mass is 10.0. The second-order valence-corrected chi connectivity index (χ2v) is 8.36. The lowest BCUT2D eigenvalue weighted by Gasteiger charge is -2.25. The molecule has 3 aromatic rings. The Bertz CT molecular complexity index is 1110. The maximum atomic E-state index is 13.0. The lowest BCUT2D eigenvalue weighted by molar-refractivity contribution is -0.115. The van der Waals surface area contributed by atoms with Crippen LogP contribution in [0.1, 0.15) is 36.5 Å². The SMILES string of the molecule is CC(C)c1ccc(NC(=O)CN(Cc2cccc(OCCO)c2)c2cccc(C(=N)N)c2)cc1. The molecule has 0 radical (unpaired) electrons. The Morgan fingerprint density at radius 1 is 1.09 bits per heavy atom. The largest absolute Gasteiger partial charge is 0.491 e. The summed E-state index contributed by atoms with van der Waals surface area (Å²) >= 11 is 0. The van der Waals surface area contributed by atoms with Gasteiger partial charge in [0, 0.05) is 23.5 Å². The van der Waals surface area contributed by atoms with Gasteiger partial charge in [0.2, 0.25) is 5.91 Å². The molecule has 34 heavy (non-hydrogen) atoms. The lowest BCUT2D eigenvalue weighted by Crippen LogP contribution is -2.33. The summed E-state index contributed by atoms with van der Waals surface area (Å²) in [5.41, 5.74) is 9.95. The summed E-state index contributed by atoms with van der Waals surface area (Å²) in [7, 11) is 0. The van der Waals surface area contributed by atoms with Crippen molar-refractivity contribution in [1.29, 1.82) is 5.41 Å². The highest BCUT2D eigenvalue weighted by molar-refractivity contribution is 5.97. The van der Waals surface area contributed by atoms with Gasteiger partial charge in [-0.05, 0) is 53.4 Å². The molecule has 0 fully saturated rings. The van der Waals surface area contributed by atoms with Crippen molar-refractivity contribution in [2.24, 2.45) is 5.73 Å². The monoisotopic (exact) mass is 460 g/mol. The number of nitrogen functional groups attached to an aromatic ring is 1. The molecule has 7 heteroatoms. The molecule has 5 N–H and O–H groups in total. The van der Waals surface area contributed by atoms with Gasteiger partial charge < -0.3 is 25.8 Å². The molecular formula is C27H32N4O3. The van der Waals surface area contributed by atoms with Gasteiger partial charge in [-0.2, -0.15) is 0 Å². The molecule has 0 spiro atoms. The van der Waals surface area contributed by atoms with Crippen LogP contribution in [0.3, 0.4) is 0 Å². The fourth-order valence-corrected chi connectivity index (χ4v) is 3.55. The van der Waals surface area contributed by atoms with Crippen molar-refractivity contribution < 1.29 is 14.6 Å². The summed E-state index contributed by atoms with van der Waals surface area (Å²) in [5, 5.41) is 19.8. The number of aliphatic hydroxyl groups is 1. The topological polar surface area (TPSA) is 112 Å². The number of hydrogen-bond acceptors (Lipinski definition) is 5. The number of aliphatic hydroxyl groups excluding tert-OH is 1. The summed E-state index contributed by atoms with van der Waals surface area (Å²) in [6.07, 6.45) is 0. The predicted octanol–water partition coefficient (Wildman–Crippen LogP) is 4.11. The van der Waals surface area contributed by atoms with Gasteiger partial charge in [0.15, 0.2) is 0 Å². The number of rotatable bonds is 11. The Morgan fingerprint density at radius 3 is 2.50 bits per heavy atom. The fraction of sp³-hybridized carbons (Fsp3) is 0.259. The van der Waals surface area contributed by atoms with Gasteiger partial charge in [-0.15, -0.1) is 0 Å². The zero-order valence-electron chi connectivity index (χ0n) is 19.6. The number of nitrogens with zero attached hydrogens (tertiary/aromatic N) is 1. The highest BCUT2D eigenvalue weighted by atomic mass is 16.5. The highest BCUT2D eigenvalue weighted by Crippen LogP contribution is 2.22. The molecule has 3 rings (SSSR count). The van der Waals surface area contributed by atoms with E-state index in [1.165, 1.54) is 5.56 Å². The smallest absolute Gasteiger partial charge is 0.243 e. The Kier molecular flexibility index (Phi) is 8.65. The van der Waals surface area contributed by atoms with Gasteiger partial charge >= 0.3 is 0 Å². The summed E-state index contributed by atoms with van der Waals surface area (Å²) in [6, 6.07) is 22.7. The number of benzene rings is 3. The van der Waals surface area contributed by atoms with Crippen molar-refractivity contribution in [2.45, 2.75) is 26.3 Å². The first-order chi connectivity index (χ1) is 16.4. The van der Waals surface area contributed by atoms with Gasteiger partial charge in [0.25, 0.3) is 0 Å². The molecule has 0 aliphatic rings. The van der Waals surface area contributed by atoms with Crippen molar-refractivity contribution in [1.82, 2.24) is 0 Å². The normalized spacial score (nSPS) is 10.7. The maximum Gasteiger partial charge on any atom is 0.243 e. The van der Waals surface area contributed by atoms with Crippen LogP contribution in [0.2, 0.25) is 0 Å². The molecule has 0 unspecified atom stereocenters. The van der Waals surface area contributed by atoms with Crippen LogP contribution in [0.25, 0.3) is 0 Å². The van der Waals surface area contributed by atoms with Crippen molar-refractivity contribution in [3.63, 3.8) is 0 Å². The second kappa shape index (κ2) is 11.9.